The summed E-state index contributed by atoms with van der Waals surface area (Å²) in [7, 11) is 0. The van der Waals surface area contributed by atoms with E-state index in [2.05, 4.69) is 10.3 Å². The van der Waals surface area contributed by atoms with Crippen molar-refractivity contribution < 1.29 is 14.7 Å². The lowest BCUT2D eigenvalue weighted by Gasteiger charge is -2.26. The van der Waals surface area contributed by atoms with Crippen molar-refractivity contribution in [1.82, 2.24) is 14.9 Å². The van der Waals surface area contributed by atoms with E-state index in [1.54, 1.807) is 35.8 Å². The quantitative estimate of drug-likeness (QED) is 0.657. The zero-order valence-corrected chi connectivity index (χ0v) is 16.3. The van der Waals surface area contributed by atoms with Crippen LogP contribution in [-0.4, -0.2) is 32.1 Å². The topological polar surface area (TPSA) is 84.2 Å². The molecular weight excluding hydrogens is 386 g/mol. The number of carbonyl (C=O) groups excluding carboxylic acids is 1. The van der Waals surface area contributed by atoms with Gasteiger partial charge in [0, 0.05) is 23.8 Å². The minimum atomic E-state index is -1.46. The lowest BCUT2D eigenvalue weighted by atomic mass is 9.92. The van der Waals surface area contributed by atoms with Crippen molar-refractivity contribution in [3.05, 3.63) is 69.9 Å². The second kappa shape index (κ2) is 7.54. The minimum Gasteiger partial charge on any atom is -0.480 e. The van der Waals surface area contributed by atoms with Crippen LogP contribution in [0.2, 0.25) is 5.02 Å². The Labute approximate surface area is 165 Å². The van der Waals surface area contributed by atoms with E-state index >= 15 is 0 Å². The molecule has 2 heterocycles. The van der Waals surface area contributed by atoms with Crippen LogP contribution in [0, 0.1) is 6.92 Å². The van der Waals surface area contributed by atoms with Crippen molar-refractivity contribution in [2.75, 3.05) is 0 Å². The maximum Gasteiger partial charge on any atom is 0.329 e. The molecule has 6 nitrogen and oxygen atoms in total. The molecule has 2 N–H and O–H groups in total. The van der Waals surface area contributed by atoms with Crippen LogP contribution >= 0.6 is 22.9 Å². The summed E-state index contributed by atoms with van der Waals surface area (Å²) in [4.78, 5) is 29.4. The summed E-state index contributed by atoms with van der Waals surface area (Å²) in [6.07, 6.45) is 3.80. The maximum absolute atomic E-state index is 12.8. The van der Waals surface area contributed by atoms with E-state index < -0.39 is 17.4 Å². The third kappa shape index (κ3) is 4.20. The van der Waals surface area contributed by atoms with Gasteiger partial charge in [-0.2, -0.15) is 0 Å². The lowest BCUT2D eigenvalue weighted by molar-refractivity contribution is -0.143. The number of nitrogens with one attached hydrogen (secondary N) is 1. The molecule has 1 unspecified atom stereocenters. The Morgan fingerprint density at radius 3 is 2.48 bits per heavy atom. The molecule has 0 spiro atoms. The molecule has 0 fully saturated rings. The second-order valence-electron chi connectivity index (χ2n) is 6.40. The Balaban J connectivity index is 1.83. The normalized spacial score (nSPS) is 13.1. The number of halogens is 1. The highest BCUT2D eigenvalue weighted by Crippen LogP contribution is 2.23. The first-order valence-electron chi connectivity index (χ1n) is 8.19. The number of aryl methyl sites for hydroxylation is 1. The number of amides is 1. The molecule has 0 aliphatic carbocycles. The van der Waals surface area contributed by atoms with Gasteiger partial charge in [0.05, 0.1) is 5.69 Å². The highest BCUT2D eigenvalue weighted by molar-refractivity contribution is 7.16. The van der Waals surface area contributed by atoms with E-state index in [-0.39, 0.29) is 6.42 Å². The zero-order chi connectivity index (χ0) is 19.6. The van der Waals surface area contributed by atoms with Gasteiger partial charge in [0.25, 0.3) is 5.91 Å². The summed E-state index contributed by atoms with van der Waals surface area (Å²) in [5.41, 5.74) is -0.145. The number of carboxylic acid groups (broad SMARTS) is 1. The Morgan fingerprint density at radius 1 is 1.26 bits per heavy atom. The molecule has 27 heavy (non-hydrogen) atoms. The van der Waals surface area contributed by atoms with E-state index in [0.717, 1.165) is 5.56 Å². The van der Waals surface area contributed by atoms with Crippen molar-refractivity contribution in [3.63, 3.8) is 0 Å². The number of hydrogen-bond donors (Lipinski definition) is 2. The van der Waals surface area contributed by atoms with Crippen molar-refractivity contribution in [1.29, 1.82) is 0 Å². The van der Waals surface area contributed by atoms with Crippen molar-refractivity contribution >= 4 is 34.8 Å². The summed E-state index contributed by atoms with van der Waals surface area (Å²) in [5.74, 6) is -1.57. The number of hydrogen-bond acceptors (Lipinski definition) is 4. The first-order valence-corrected chi connectivity index (χ1v) is 9.39. The molecule has 0 aliphatic heterocycles. The number of aliphatic carboxylic acids is 1. The molecule has 0 bridgehead atoms. The van der Waals surface area contributed by atoms with E-state index in [1.807, 2.05) is 24.5 Å². The molecule has 140 valence electrons. The van der Waals surface area contributed by atoms with Crippen LogP contribution in [0.3, 0.4) is 0 Å². The van der Waals surface area contributed by atoms with E-state index in [9.17, 15) is 14.7 Å². The van der Waals surface area contributed by atoms with E-state index in [1.165, 1.54) is 18.3 Å². The molecule has 0 aliphatic rings. The van der Waals surface area contributed by atoms with Gasteiger partial charge in [-0.1, -0.05) is 35.1 Å². The number of rotatable bonds is 6. The van der Waals surface area contributed by atoms with Gasteiger partial charge in [-0.3, -0.25) is 4.79 Å². The number of carboxylic acids is 1. The summed E-state index contributed by atoms with van der Waals surface area (Å²) < 4.78 is 1.80. The van der Waals surface area contributed by atoms with Gasteiger partial charge in [0.1, 0.15) is 10.4 Å². The fourth-order valence-corrected chi connectivity index (χ4v) is 3.71. The van der Waals surface area contributed by atoms with E-state index in [4.69, 9.17) is 11.6 Å². The van der Waals surface area contributed by atoms with Crippen molar-refractivity contribution in [2.45, 2.75) is 25.8 Å². The predicted molar refractivity (Wildman–Crippen MR) is 105 cm³/mol. The molecule has 1 amide bonds. The Morgan fingerprint density at radius 2 is 1.89 bits per heavy atom. The van der Waals surface area contributed by atoms with Crippen molar-refractivity contribution in [2.24, 2.45) is 0 Å². The second-order valence-corrected chi connectivity index (χ2v) is 7.81. The van der Waals surface area contributed by atoms with E-state index in [0.29, 0.717) is 20.7 Å². The van der Waals surface area contributed by atoms with Crippen LogP contribution in [0.4, 0.5) is 0 Å². The number of thiazole rings is 1. The summed E-state index contributed by atoms with van der Waals surface area (Å²) in [6, 6.07) is 10.6. The smallest absolute Gasteiger partial charge is 0.329 e. The minimum absolute atomic E-state index is 0.132. The molecule has 1 atom stereocenters. The Kier molecular flexibility index (Phi) is 5.34. The van der Waals surface area contributed by atoms with Crippen LogP contribution < -0.4 is 5.32 Å². The third-order valence-corrected chi connectivity index (χ3v) is 5.57. The first-order chi connectivity index (χ1) is 12.8. The number of benzene rings is 1. The van der Waals surface area contributed by atoms with Gasteiger partial charge in [0.2, 0.25) is 0 Å². The van der Waals surface area contributed by atoms with Gasteiger partial charge in [-0.15, -0.1) is 0 Å². The van der Waals surface area contributed by atoms with Crippen molar-refractivity contribution in [3.8, 4) is 5.13 Å². The zero-order valence-electron chi connectivity index (χ0n) is 14.8. The van der Waals surface area contributed by atoms with Crippen LogP contribution in [0.5, 0.6) is 0 Å². The molecule has 3 aromatic rings. The average Bonchev–Trinajstić information content (AvgIpc) is 3.26. The fraction of sp³-hybridized carbons (Fsp3) is 0.211. The molecule has 0 saturated carbocycles. The molecule has 2 aromatic heterocycles. The highest BCUT2D eigenvalue weighted by atomic mass is 35.5. The van der Waals surface area contributed by atoms with Crippen LogP contribution in [-0.2, 0) is 11.2 Å². The molecule has 1 aromatic carbocycles. The number of nitrogens with zero attached hydrogens (tertiary/aromatic N) is 2. The standard InChI is InChI=1S/C19H18ClN3O3S/c1-12-15(27-18(21-12)23-9-3-4-10-23)16(24)22-19(2,17(25)26)11-13-5-7-14(20)8-6-13/h3-10H,11H2,1-2H3,(H,22,24)(H,25,26). The van der Waals surface area contributed by atoms with Gasteiger partial charge in [-0.05, 0) is 43.7 Å². The molecule has 0 saturated heterocycles. The average molecular weight is 404 g/mol. The summed E-state index contributed by atoms with van der Waals surface area (Å²) in [5, 5.41) is 13.6. The molecular formula is C19H18ClN3O3S. The fourth-order valence-electron chi connectivity index (χ4n) is 2.66. The van der Waals surface area contributed by atoms with Crippen LogP contribution in [0.1, 0.15) is 27.9 Å². The van der Waals surface area contributed by atoms with Gasteiger partial charge < -0.3 is 15.0 Å². The SMILES string of the molecule is Cc1nc(-n2cccc2)sc1C(=O)NC(C)(Cc1ccc(Cl)cc1)C(=O)O. The highest BCUT2D eigenvalue weighted by Gasteiger charge is 2.36. The van der Waals surface area contributed by atoms with Gasteiger partial charge >= 0.3 is 5.97 Å². The summed E-state index contributed by atoms with van der Waals surface area (Å²) in [6.45, 7) is 3.22. The Bertz CT molecular complexity index is 967. The number of carbonyl (C=O) groups is 2. The molecule has 3 rings (SSSR count). The third-order valence-electron chi connectivity index (χ3n) is 4.15. The largest absolute Gasteiger partial charge is 0.480 e. The van der Waals surface area contributed by atoms with Gasteiger partial charge in [-0.25, -0.2) is 9.78 Å². The van der Waals surface area contributed by atoms with Gasteiger partial charge in [0.15, 0.2) is 5.13 Å². The molecule has 8 heteroatoms. The predicted octanol–water partition coefficient (Wildman–Crippen LogP) is 3.71. The van der Waals surface area contributed by atoms with Crippen LogP contribution in [0.15, 0.2) is 48.8 Å². The maximum atomic E-state index is 12.8. The number of aromatic nitrogens is 2. The summed E-state index contributed by atoms with van der Waals surface area (Å²) >= 11 is 7.09. The molecule has 0 radical (unpaired) electrons. The lowest BCUT2D eigenvalue weighted by Crippen LogP contribution is -2.53. The Hall–Kier alpha value is -2.64. The van der Waals surface area contributed by atoms with Crippen LogP contribution in [0.25, 0.3) is 5.13 Å². The first kappa shape index (κ1) is 19.1. The monoisotopic (exact) mass is 403 g/mol.